The number of hydrogen-bond donors (Lipinski definition) is 1. The standard InChI is InChI=1S/C19H19NO2S/c1-2-22-16-9-5-3-7-14(16)11-12-20-19(21)18-13-15-8-4-6-10-17(15)23-18/h3-10,13H,2,11-12H2,1H3,(H,20,21). The molecule has 3 aromatic rings. The van der Waals surface area contributed by atoms with Crippen molar-refractivity contribution in [3.8, 4) is 5.75 Å². The van der Waals surface area contributed by atoms with Crippen molar-refractivity contribution in [2.24, 2.45) is 0 Å². The van der Waals surface area contributed by atoms with Gasteiger partial charge in [0.2, 0.25) is 0 Å². The fourth-order valence-electron chi connectivity index (χ4n) is 2.50. The first-order chi connectivity index (χ1) is 11.3. The van der Waals surface area contributed by atoms with E-state index >= 15 is 0 Å². The van der Waals surface area contributed by atoms with Crippen molar-refractivity contribution in [3.05, 3.63) is 65.0 Å². The van der Waals surface area contributed by atoms with Crippen LogP contribution >= 0.6 is 11.3 Å². The summed E-state index contributed by atoms with van der Waals surface area (Å²) >= 11 is 1.53. The third-order valence-corrected chi connectivity index (χ3v) is 4.72. The summed E-state index contributed by atoms with van der Waals surface area (Å²) < 4.78 is 6.75. The number of fused-ring (bicyclic) bond motifs is 1. The third-order valence-electron chi connectivity index (χ3n) is 3.60. The fourth-order valence-corrected chi connectivity index (χ4v) is 3.48. The summed E-state index contributed by atoms with van der Waals surface area (Å²) in [6.45, 7) is 3.21. The Hall–Kier alpha value is -2.33. The summed E-state index contributed by atoms with van der Waals surface area (Å²) in [6, 6.07) is 17.9. The summed E-state index contributed by atoms with van der Waals surface area (Å²) in [4.78, 5) is 13.0. The van der Waals surface area contributed by atoms with Crippen LogP contribution in [0.3, 0.4) is 0 Å². The minimum absolute atomic E-state index is 0.0138. The second-order valence-corrected chi connectivity index (χ2v) is 6.28. The maximum atomic E-state index is 12.3. The number of benzene rings is 2. The average molecular weight is 325 g/mol. The molecule has 1 heterocycles. The number of carbonyl (C=O) groups is 1. The van der Waals surface area contributed by atoms with Gasteiger partial charge in [-0.1, -0.05) is 36.4 Å². The number of para-hydroxylation sites is 1. The average Bonchev–Trinajstić information content (AvgIpc) is 3.01. The van der Waals surface area contributed by atoms with Gasteiger partial charge in [0.15, 0.2) is 0 Å². The number of rotatable bonds is 6. The Bertz CT molecular complexity index is 777. The van der Waals surface area contributed by atoms with Gasteiger partial charge >= 0.3 is 0 Å². The molecule has 0 fully saturated rings. The van der Waals surface area contributed by atoms with Crippen molar-refractivity contribution in [3.63, 3.8) is 0 Å². The number of thiophene rings is 1. The van der Waals surface area contributed by atoms with Crippen LogP contribution in [0.15, 0.2) is 54.6 Å². The highest BCUT2D eigenvalue weighted by Gasteiger charge is 2.10. The van der Waals surface area contributed by atoms with Crippen molar-refractivity contribution >= 4 is 27.3 Å². The SMILES string of the molecule is CCOc1ccccc1CCNC(=O)c1cc2ccccc2s1. The number of carbonyl (C=O) groups excluding carboxylic acids is 1. The second kappa shape index (κ2) is 7.29. The number of amides is 1. The first-order valence-electron chi connectivity index (χ1n) is 7.75. The summed E-state index contributed by atoms with van der Waals surface area (Å²) in [5.74, 6) is 0.881. The molecule has 0 aliphatic heterocycles. The van der Waals surface area contributed by atoms with Gasteiger partial charge in [-0.3, -0.25) is 4.79 Å². The van der Waals surface area contributed by atoms with Gasteiger partial charge in [0.25, 0.3) is 5.91 Å². The highest BCUT2D eigenvalue weighted by molar-refractivity contribution is 7.20. The Kier molecular flexibility index (Phi) is 4.93. The van der Waals surface area contributed by atoms with Crippen LogP contribution in [-0.4, -0.2) is 19.1 Å². The molecule has 2 aromatic carbocycles. The van der Waals surface area contributed by atoms with E-state index in [4.69, 9.17) is 4.74 Å². The highest BCUT2D eigenvalue weighted by atomic mass is 32.1. The summed E-state index contributed by atoms with van der Waals surface area (Å²) in [5.41, 5.74) is 1.12. The number of hydrogen-bond acceptors (Lipinski definition) is 3. The first kappa shape index (κ1) is 15.6. The molecule has 0 spiro atoms. The Morgan fingerprint density at radius 2 is 1.91 bits per heavy atom. The zero-order valence-electron chi connectivity index (χ0n) is 13.0. The summed E-state index contributed by atoms with van der Waals surface area (Å²) in [6.07, 6.45) is 0.757. The molecule has 118 valence electrons. The molecule has 1 aromatic heterocycles. The van der Waals surface area contributed by atoms with Gasteiger partial charge in [-0.25, -0.2) is 0 Å². The largest absolute Gasteiger partial charge is 0.494 e. The number of nitrogens with one attached hydrogen (secondary N) is 1. The monoisotopic (exact) mass is 325 g/mol. The van der Waals surface area contributed by atoms with Crippen LogP contribution < -0.4 is 10.1 Å². The van der Waals surface area contributed by atoms with E-state index in [0.717, 1.165) is 32.7 Å². The molecule has 1 N–H and O–H groups in total. The van der Waals surface area contributed by atoms with E-state index in [9.17, 15) is 4.79 Å². The van der Waals surface area contributed by atoms with Crippen LogP contribution in [0.5, 0.6) is 5.75 Å². The van der Waals surface area contributed by atoms with Gasteiger partial charge in [-0.2, -0.15) is 0 Å². The van der Waals surface area contributed by atoms with Crippen LogP contribution in [-0.2, 0) is 6.42 Å². The van der Waals surface area contributed by atoms with Gasteiger partial charge in [0.1, 0.15) is 5.75 Å². The van der Waals surface area contributed by atoms with E-state index in [0.29, 0.717) is 13.2 Å². The Morgan fingerprint density at radius 1 is 1.13 bits per heavy atom. The predicted octanol–water partition coefficient (Wildman–Crippen LogP) is 4.27. The lowest BCUT2D eigenvalue weighted by Gasteiger charge is -2.10. The van der Waals surface area contributed by atoms with Crippen molar-refractivity contribution in [2.75, 3.05) is 13.2 Å². The lowest BCUT2D eigenvalue weighted by atomic mass is 10.1. The van der Waals surface area contributed by atoms with Crippen LogP contribution in [0, 0.1) is 0 Å². The van der Waals surface area contributed by atoms with Gasteiger partial charge in [0.05, 0.1) is 11.5 Å². The minimum atomic E-state index is -0.0138. The van der Waals surface area contributed by atoms with E-state index in [2.05, 4.69) is 5.32 Å². The maximum absolute atomic E-state index is 12.3. The topological polar surface area (TPSA) is 38.3 Å². The molecule has 0 atom stereocenters. The van der Waals surface area contributed by atoms with E-state index < -0.39 is 0 Å². The normalized spacial score (nSPS) is 10.7. The van der Waals surface area contributed by atoms with Crippen LogP contribution in [0.2, 0.25) is 0 Å². The molecule has 0 unspecified atom stereocenters. The van der Waals surface area contributed by atoms with Crippen LogP contribution in [0.1, 0.15) is 22.2 Å². The van der Waals surface area contributed by atoms with E-state index in [1.165, 1.54) is 11.3 Å². The number of ether oxygens (including phenoxy) is 1. The molecular formula is C19H19NO2S. The molecule has 3 nitrogen and oxygen atoms in total. The minimum Gasteiger partial charge on any atom is -0.494 e. The van der Waals surface area contributed by atoms with Crippen molar-refractivity contribution in [2.45, 2.75) is 13.3 Å². The molecule has 3 rings (SSSR count). The summed E-state index contributed by atoms with van der Waals surface area (Å²) in [7, 11) is 0. The summed E-state index contributed by atoms with van der Waals surface area (Å²) in [5, 5.41) is 4.11. The van der Waals surface area contributed by atoms with E-state index in [1.54, 1.807) is 0 Å². The molecule has 0 aliphatic carbocycles. The Morgan fingerprint density at radius 3 is 2.74 bits per heavy atom. The maximum Gasteiger partial charge on any atom is 0.261 e. The van der Waals surface area contributed by atoms with Crippen molar-refractivity contribution < 1.29 is 9.53 Å². The van der Waals surface area contributed by atoms with E-state index in [1.807, 2.05) is 61.5 Å². The van der Waals surface area contributed by atoms with Crippen LogP contribution in [0.4, 0.5) is 0 Å². The molecule has 1 amide bonds. The molecule has 0 saturated heterocycles. The fraction of sp³-hybridized carbons (Fsp3) is 0.211. The molecule has 0 aliphatic rings. The third kappa shape index (κ3) is 3.71. The quantitative estimate of drug-likeness (QED) is 0.735. The van der Waals surface area contributed by atoms with Gasteiger partial charge in [-0.15, -0.1) is 11.3 Å². The molecule has 0 saturated carbocycles. The smallest absolute Gasteiger partial charge is 0.261 e. The first-order valence-corrected chi connectivity index (χ1v) is 8.57. The van der Waals surface area contributed by atoms with Gasteiger partial charge < -0.3 is 10.1 Å². The van der Waals surface area contributed by atoms with E-state index in [-0.39, 0.29) is 5.91 Å². The highest BCUT2D eigenvalue weighted by Crippen LogP contribution is 2.25. The second-order valence-electron chi connectivity index (χ2n) is 5.20. The van der Waals surface area contributed by atoms with Crippen molar-refractivity contribution in [1.82, 2.24) is 5.32 Å². The van der Waals surface area contributed by atoms with Gasteiger partial charge in [-0.05, 0) is 42.5 Å². The molecule has 4 heteroatoms. The zero-order chi connectivity index (χ0) is 16.1. The molecule has 0 bridgehead atoms. The van der Waals surface area contributed by atoms with Gasteiger partial charge in [0, 0.05) is 11.2 Å². The Labute approximate surface area is 139 Å². The molecular weight excluding hydrogens is 306 g/mol. The lowest BCUT2D eigenvalue weighted by molar-refractivity contribution is 0.0958. The molecule has 23 heavy (non-hydrogen) atoms. The lowest BCUT2D eigenvalue weighted by Crippen LogP contribution is -2.25. The van der Waals surface area contributed by atoms with Crippen molar-refractivity contribution in [1.29, 1.82) is 0 Å². The predicted molar refractivity (Wildman–Crippen MR) is 95.5 cm³/mol. The van der Waals surface area contributed by atoms with Crippen LogP contribution in [0.25, 0.3) is 10.1 Å². The molecule has 0 radical (unpaired) electrons. The zero-order valence-corrected chi connectivity index (χ0v) is 13.9. The Balaban J connectivity index is 1.61.